The van der Waals surface area contributed by atoms with Crippen LogP contribution in [0.3, 0.4) is 0 Å². The van der Waals surface area contributed by atoms with Crippen molar-refractivity contribution in [3.05, 3.63) is 59.1 Å². The molecule has 1 aromatic heterocycles. The Morgan fingerprint density at radius 3 is 2.75 bits per heavy atom. The fourth-order valence-corrected chi connectivity index (χ4v) is 2.80. The van der Waals surface area contributed by atoms with E-state index >= 15 is 0 Å². The van der Waals surface area contributed by atoms with Gasteiger partial charge in [-0.1, -0.05) is 30.7 Å². The molecule has 0 saturated carbocycles. The van der Waals surface area contributed by atoms with Crippen LogP contribution in [0, 0.1) is 0 Å². The second-order valence-corrected chi connectivity index (χ2v) is 6.15. The Bertz CT molecular complexity index is 909. The molecule has 0 amide bonds. The number of aromatic nitrogens is 1. The minimum Gasteiger partial charge on any atom is -0.494 e. The zero-order chi connectivity index (χ0) is 17.1. The summed E-state index contributed by atoms with van der Waals surface area (Å²) in [5.41, 5.74) is 2.58. The van der Waals surface area contributed by atoms with Crippen LogP contribution < -0.4 is 4.74 Å². The van der Waals surface area contributed by atoms with E-state index in [1.807, 2.05) is 24.3 Å². The van der Waals surface area contributed by atoms with E-state index in [4.69, 9.17) is 27.9 Å². The molecule has 0 bridgehead atoms. The molecule has 0 spiro atoms. The Morgan fingerprint density at radius 2 is 2.00 bits per heavy atom. The number of nitrogens with zero attached hydrogens (tertiary/aromatic N) is 1. The van der Waals surface area contributed by atoms with Gasteiger partial charge in [-0.3, -0.25) is 4.79 Å². The van der Waals surface area contributed by atoms with E-state index in [2.05, 4.69) is 11.9 Å². The highest BCUT2D eigenvalue weighted by molar-refractivity contribution is 6.68. The average molecular weight is 360 g/mol. The molecule has 0 radical (unpaired) electrons. The fraction of sp³-hybridized carbons (Fsp3) is 0.158. The third kappa shape index (κ3) is 3.53. The molecule has 0 N–H and O–H groups in total. The standard InChI is InChI=1S/C19H15Cl2NO2/c1-2-8-24-14-5-3-4-12(9-14)18-11-16(19(21)23)15-10-13(20)6-7-17(15)22-18/h3-7,9-11H,2,8H2,1H3. The average Bonchev–Trinajstić information content (AvgIpc) is 2.59. The van der Waals surface area contributed by atoms with Gasteiger partial charge in [-0.15, -0.1) is 0 Å². The molecule has 0 aliphatic heterocycles. The summed E-state index contributed by atoms with van der Waals surface area (Å²) in [7, 11) is 0. The van der Waals surface area contributed by atoms with E-state index in [9.17, 15) is 4.79 Å². The van der Waals surface area contributed by atoms with Gasteiger partial charge in [-0.2, -0.15) is 0 Å². The van der Waals surface area contributed by atoms with E-state index < -0.39 is 5.24 Å². The number of benzene rings is 2. The number of hydrogen-bond donors (Lipinski definition) is 0. The first-order valence-electron chi connectivity index (χ1n) is 7.62. The van der Waals surface area contributed by atoms with Crippen molar-refractivity contribution in [2.24, 2.45) is 0 Å². The molecule has 1 heterocycles. The molecule has 2 aromatic carbocycles. The summed E-state index contributed by atoms with van der Waals surface area (Å²) < 4.78 is 5.66. The van der Waals surface area contributed by atoms with Gasteiger partial charge in [0.2, 0.25) is 0 Å². The van der Waals surface area contributed by atoms with Gasteiger partial charge in [-0.25, -0.2) is 4.98 Å². The molecule has 0 fully saturated rings. The Hall–Kier alpha value is -2.10. The molecule has 0 aliphatic rings. The van der Waals surface area contributed by atoms with Crippen LogP contribution in [-0.2, 0) is 0 Å². The molecular formula is C19H15Cl2NO2. The van der Waals surface area contributed by atoms with Gasteiger partial charge in [0, 0.05) is 21.5 Å². The maximum absolute atomic E-state index is 11.8. The minimum absolute atomic E-state index is 0.388. The van der Waals surface area contributed by atoms with Crippen molar-refractivity contribution in [1.82, 2.24) is 4.98 Å². The second kappa shape index (κ2) is 7.20. The first-order chi connectivity index (χ1) is 11.6. The first-order valence-corrected chi connectivity index (χ1v) is 8.37. The van der Waals surface area contributed by atoms with Crippen LogP contribution in [0.1, 0.15) is 23.7 Å². The Kier molecular flexibility index (Phi) is 5.03. The fourth-order valence-electron chi connectivity index (χ4n) is 2.47. The van der Waals surface area contributed by atoms with Crippen molar-refractivity contribution in [3.8, 4) is 17.0 Å². The molecule has 3 aromatic rings. The molecule has 0 saturated heterocycles. The van der Waals surface area contributed by atoms with Crippen molar-refractivity contribution in [3.63, 3.8) is 0 Å². The molecule has 5 heteroatoms. The normalized spacial score (nSPS) is 10.8. The summed E-state index contributed by atoms with van der Waals surface area (Å²) in [6.07, 6.45) is 0.935. The molecule has 3 nitrogen and oxygen atoms in total. The highest BCUT2D eigenvalue weighted by Gasteiger charge is 2.13. The van der Waals surface area contributed by atoms with Gasteiger partial charge in [0.25, 0.3) is 5.24 Å². The van der Waals surface area contributed by atoms with Gasteiger partial charge in [0.1, 0.15) is 5.75 Å². The van der Waals surface area contributed by atoms with Crippen LogP contribution in [0.5, 0.6) is 5.75 Å². The summed E-state index contributed by atoms with van der Waals surface area (Å²) in [6.45, 7) is 2.71. The Morgan fingerprint density at radius 1 is 1.17 bits per heavy atom. The van der Waals surface area contributed by atoms with Crippen LogP contribution in [0.25, 0.3) is 22.2 Å². The van der Waals surface area contributed by atoms with E-state index in [0.29, 0.717) is 33.8 Å². The predicted molar refractivity (Wildman–Crippen MR) is 98.2 cm³/mol. The predicted octanol–water partition coefficient (Wildman–Crippen LogP) is 5.72. The lowest BCUT2D eigenvalue weighted by atomic mass is 10.0. The van der Waals surface area contributed by atoms with Crippen molar-refractivity contribution < 1.29 is 9.53 Å². The van der Waals surface area contributed by atoms with Gasteiger partial charge >= 0.3 is 0 Å². The van der Waals surface area contributed by atoms with Crippen LogP contribution >= 0.6 is 23.2 Å². The van der Waals surface area contributed by atoms with Gasteiger partial charge in [-0.05, 0) is 54.4 Å². The highest BCUT2D eigenvalue weighted by Crippen LogP contribution is 2.29. The van der Waals surface area contributed by atoms with Gasteiger partial charge < -0.3 is 4.74 Å². The lowest BCUT2D eigenvalue weighted by molar-refractivity contribution is 0.108. The SMILES string of the molecule is CCCOc1cccc(-c2cc(C(=O)Cl)c3cc(Cl)ccc3n2)c1. The molecule has 0 unspecified atom stereocenters. The van der Waals surface area contributed by atoms with Crippen molar-refractivity contribution in [1.29, 1.82) is 0 Å². The van der Waals surface area contributed by atoms with Crippen molar-refractivity contribution in [2.45, 2.75) is 13.3 Å². The highest BCUT2D eigenvalue weighted by atomic mass is 35.5. The van der Waals surface area contributed by atoms with Crippen LogP contribution in [0.2, 0.25) is 5.02 Å². The maximum atomic E-state index is 11.8. The number of carbonyl (C=O) groups excluding carboxylic acids is 1. The summed E-state index contributed by atoms with van der Waals surface area (Å²) in [6, 6.07) is 14.5. The summed E-state index contributed by atoms with van der Waals surface area (Å²) in [5.74, 6) is 0.770. The molecule has 122 valence electrons. The van der Waals surface area contributed by atoms with Gasteiger partial charge in [0.15, 0.2) is 0 Å². The van der Waals surface area contributed by atoms with E-state index in [1.54, 1.807) is 24.3 Å². The zero-order valence-electron chi connectivity index (χ0n) is 13.1. The van der Waals surface area contributed by atoms with Crippen LogP contribution in [-0.4, -0.2) is 16.8 Å². The largest absolute Gasteiger partial charge is 0.494 e. The summed E-state index contributed by atoms with van der Waals surface area (Å²) in [5, 5.41) is 0.639. The van der Waals surface area contributed by atoms with E-state index in [-0.39, 0.29) is 0 Å². The Labute approximate surface area is 150 Å². The monoisotopic (exact) mass is 359 g/mol. The molecule has 0 atom stereocenters. The zero-order valence-corrected chi connectivity index (χ0v) is 14.6. The van der Waals surface area contributed by atoms with E-state index in [1.165, 1.54) is 0 Å². The summed E-state index contributed by atoms with van der Waals surface area (Å²) in [4.78, 5) is 16.5. The number of halogens is 2. The third-order valence-electron chi connectivity index (χ3n) is 3.59. The number of fused-ring (bicyclic) bond motifs is 1. The number of carbonyl (C=O) groups is 1. The van der Waals surface area contributed by atoms with Crippen molar-refractivity contribution >= 4 is 39.3 Å². The Balaban J connectivity index is 2.13. The minimum atomic E-state index is -0.538. The lowest BCUT2D eigenvalue weighted by Crippen LogP contribution is -1.97. The number of ether oxygens (including phenoxy) is 1. The summed E-state index contributed by atoms with van der Waals surface area (Å²) >= 11 is 11.8. The maximum Gasteiger partial charge on any atom is 0.253 e. The second-order valence-electron chi connectivity index (χ2n) is 5.37. The quantitative estimate of drug-likeness (QED) is 0.546. The van der Waals surface area contributed by atoms with E-state index in [0.717, 1.165) is 17.7 Å². The topological polar surface area (TPSA) is 39.2 Å². The van der Waals surface area contributed by atoms with Crippen LogP contribution in [0.4, 0.5) is 0 Å². The lowest BCUT2D eigenvalue weighted by Gasteiger charge is -2.10. The number of rotatable bonds is 5. The smallest absolute Gasteiger partial charge is 0.253 e. The van der Waals surface area contributed by atoms with Crippen molar-refractivity contribution in [2.75, 3.05) is 6.61 Å². The molecule has 0 aliphatic carbocycles. The van der Waals surface area contributed by atoms with Crippen LogP contribution in [0.15, 0.2) is 48.5 Å². The third-order valence-corrected chi connectivity index (χ3v) is 4.02. The molecular weight excluding hydrogens is 345 g/mol. The van der Waals surface area contributed by atoms with Gasteiger partial charge in [0.05, 0.1) is 17.8 Å². The first kappa shape index (κ1) is 16.7. The molecule has 3 rings (SSSR count). The number of pyridine rings is 1. The molecule has 24 heavy (non-hydrogen) atoms. The number of hydrogen-bond acceptors (Lipinski definition) is 3.